The van der Waals surface area contributed by atoms with E-state index in [2.05, 4.69) is 53.7 Å². The number of halogens is 1. The lowest BCUT2D eigenvalue weighted by molar-refractivity contribution is 0.841. The topological polar surface area (TPSA) is 37.8 Å². The molecule has 0 fully saturated rings. The van der Waals surface area contributed by atoms with Gasteiger partial charge in [0.2, 0.25) is 0 Å². The van der Waals surface area contributed by atoms with Gasteiger partial charge in [-0.05, 0) is 47.6 Å². The highest BCUT2D eigenvalue weighted by Gasteiger charge is 2.11. The highest BCUT2D eigenvalue weighted by Crippen LogP contribution is 2.22. The van der Waals surface area contributed by atoms with Gasteiger partial charge in [-0.2, -0.15) is 11.8 Å². The minimum absolute atomic E-state index is 0.919. The van der Waals surface area contributed by atoms with Crippen LogP contribution in [-0.2, 0) is 12.2 Å². The Labute approximate surface area is 134 Å². The van der Waals surface area contributed by atoms with Gasteiger partial charge < -0.3 is 5.32 Å². The molecule has 0 atom stereocenters. The molecule has 1 N–H and O–H groups in total. The van der Waals surface area contributed by atoms with Crippen LogP contribution in [0.25, 0.3) is 0 Å². The first kappa shape index (κ1) is 17.0. The number of aromatic nitrogens is 2. The van der Waals surface area contributed by atoms with Gasteiger partial charge >= 0.3 is 0 Å². The van der Waals surface area contributed by atoms with Crippen molar-refractivity contribution in [3.05, 3.63) is 15.1 Å². The quantitative estimate of drug-likeness (QED) is 0.495. The highest BCUT2D eigenvalue weighted by atomic mass is 127. The summed E-state index contributed by atoms with van der Waals surface area (Å²) in [5.74, 6) is 4.09. The second-order valence-corrected chi connectivity index (χ2v) is 6.66. The molecule has 0 saturated heterocycles. The maximum absolute atomic E-state index is 4.72. The van der Waals surface area contributed by atoms with E-state index in [0.29, 0.717) is 0 Å². The van der Waals surface area contributed by atoms with Crippen molar-refractivity contribution in [2.24, 2.45) is 0 Å². The van der Waals surface area contributed by atoms with Gasteiger partial charge in [0.15, 0.2) is 0 Å². The molecule has 0 radical (unpaired) electrons. The molecule has 1 heterocycles. The van der Waals surface area contributed by atoms with E-state index >= 15 is 0 Å². The van der Waals surface area contributed by atoms with Gasteiger partial charge in [0.25, 0.3) is 0 Å². The molecule has 1 rings (SSSR count). The molecule has 0 saturated carbocycles. The summed E-state index contributed by atoms with van der Waals surface area (Å²) < 4.78 is 1.19. The maximum atomic E-state index is 4.72. The van der Waals surface area contributed by atoms with E-state index in [0.717, 1.165) is 43.2 Å². The van der Waals surface area contributed by atoms with Crippen molar-refractivity contribution in [3.8, 4) is 0 Å². The van der Waals surface area contributed by atoms with Gasteiger partial charge in [-0.15, -0.1) is 0 Å². The predicted octanol–water partition coefficient (Wildman–Crippen LogP) is 4.50. The van der Waals surface area contributed by atoms with Crippen molar-refractivity contribution in [2.45, 2.75) is 52.2 Å². The molecule has 1 aromatic rings. The van der Waals surface area contributed by atoms with E-state index in [1.54, 1.807) is 0 Å². The van der Waals surface area contributed by atoms with Crippen LogP contribution >= 0.6 is 34.4 Å². The summed E-state index contributed by atoms with van der Waals surface area (Å²) in [5, 5.41) is 3.42. The summed E-state index contributed by atoms with van der Waals surface area (Å²) in [6, 6.07) is 0. The molecular formula is C14H24IN3S. The second kappa shape index (κ2) is 9.80. The van der Waals surface area contributed by atoms with Crippen LogP contribution in [0.3, 0.4) is 0 Å². The van der Waals surface area contributed by atoms with Crippen molar-refractivity contribution < 1.29 is 0 Å². The van der Waals surface area contributed by atoms with Crippen LogP contribution in [0.15, 0.2) is 0 Å². The molecule has 0 bridgehead atoms. The highest BCUT2D eigenvalue weighted by molar-refractivity contribution is 14.1. The minimum atomic E-state index is 0.919. The number of anilines is 1. The van der Waals surface area contributed by atoms with Crippen molar-refractivity contribution in [3.63, 3.8) is 0 Å². The summed E-state index contributed by atoms with van der Waals surface area (Å²) in [6.45, 7) is 7.55. The molecule has 3 nitrogen and oxygen atoms in total. The number of rotatable bonds is 9. The fourth-order valence-corrected chi connectivity index (χ4v) is 3.13. The number of thioether (sulfide) groups is 1. The zero-order valence-corrected chi connectivity index (χ0v) is 15.1. The molecule has 19 heavy (non-hydrogen) atoms. The smallest absolute Gasteiger partial charge is 0.143 e. The zero-order valence-electron chi connectivity index (χ0n) is 12.1. The van der Waals surface area contributed by atoms with Gasteiger partial charge in [-0.3, -0.25) is 0 Å². The van der Waals surface area contributed by atoms with E-state index in [1.807, 2.05) is 11.8 Å². The number of nitrogens with one attached hydrogen (secondary N) is 1. The lowest BCUT2D eigenvalue weighted by Crippen LogP contribution is -2.10. The second-order valence-electron chi connectivity index (χ2n) is 4.48. The van der Waals surface area contributed by atoms with Crippen molar-refractivity contribution >= 4 is 40.2 Å². The van der Waals surface area contributed by atoms with E-state index in [1.165, 1.54) is 21.4 Å². The zero-order chi connectivity index (χ0) is 14.1. The Balaban J connectivity index is 2.87. The minimum Gasteiger partial charge on any atom is -0.369 e. The molecule has 0 spiro atoms. The average molecular weight is 393 g/mol. The molecule has 0 aromatic carbocycles. The lowest BCUT2D eigenvalue weighted by Gasteiger charge is -2.12. The summed E-state index contributed by atoms with van der Waals surface area (Å²) in [5.41, 5.74) is 1.20. The van der Waals surface area contributed by atoms with Crippen LogP contribution in [0.1, 0.15) is 51.6 Å². The van der Waals surface area contributed by atoms with Gasteiger partial charge in [0, 0.05) is 6.54 Å². The summed E-state index contributed by atoms with van der Waals surface area (Å²) in [6.07, 6.45) is 4.48. The van der Waals surface area contributed by atoms with E-state index in [9.17, 15) is 0 Å². The Bertz CT molecular complexity index is 385. The van der Waals surface area contributed by atoms with Crippen LogP contribution < -0.4 is 5.32 Å². The number of nitrogens with zero attached hydrogens (tertiary/aromatic N) is 2. The fraction of sp³-hybridized carbons (Fsp3) is 0.714. The van der Waals surface area contributed by atoms with Crippen LogP contribution in [-0.4, -0.2) is 22.3 Å². The third-order valence-corrected chi connectivity index (χ3v) is 4.87. The van der Waals surface area contributed by atoms with Gasteiger partial charge in [0.05, 0.1) is 15.0 Å². The molecule has 0 aliphatic rings. The Morgan fingerprint density at radius 1 is 1.11 bits per heavy atom. The Hall–Kier alpha value is -0.0400. The maximum Gasteiger partial charge on any atom is 0.143 e. The molecular weight excluding hydrogens is 369 g/mol. The molecule has 5 heteroatoms. The molecule has 0 aliphatic carbocycles. The number of hydrogen-bond acceptors (Lipinski definition) is 4. The van der Waals surface area contributed by atoms with Gasteiger partial charge in [-0.25, -0.2) is 9.97 Å². The fourth-order valence-electron chi connectivity index (χ4n) is 1.68. The van der Waals surface area contributed by atoms with Crippen LogP contribution in [0.4, 0.5) is 5.82 Å². The third kappa shape index (κ3) is 5.85. The molecule has 1 aromatic heterocycles. The Kier molecular flexibility index (Phi) is 8.77. The van der Waals surface area contributed by atoms with Gasteiger partial charge in [-0.1, -0.05) is 27.2 Å². The largest absolute Gasteiger partial charge is 0.369 e. The standard InChI is InChI=1S/C14H24IN3S/c1-4-7-11-13(15)14(16-8-5-2)18-12(17-11)10-19-9-6-3/h4-10H2,1-3H3,(H,16,17,18). The first-order valence-corrected chi connectivity index (χ1v) is 9.33. The van der Waals surface area contributed by atoms with E-state index < -0.39 is 0 Å². The Morgan fingerprint density at radius 2 is 1.89 bits per heavy atom. The van der Waals surface area contributed by atoms with Crippen molar-refractivity contribution in [2.75, 3.05) is 17.6 Å². The third-order valence-electron chi connectivity index (χ3n) is 2.58. The number of hydrogen-bond donors (Lipinski definition) is 1. The van der Waals surface area contributed by atoms with E-state index in [4.69, 9.17) is 4.98 Å². The van der Waals surface area contributed by atoms with Crippen LogP contribution in [0.2, 0.25) is 0 Å². The predicted molar refractivity (Wildman–Crippen MR) is 94.0 cm³/mol. The Morgan fingerprint density at radius 3 is 2.53 bits per heavy atom. The molecule has 0 amide bonds. The molecule has 0 aliphatic heterocycles. The number of aryl methyl sites for hydroxylation is 1. The first-order chi connectivity index (χ1) is 9.22. The summed E-state index contributed by atoms with van der Waals surface area (Å²) in [7, 11) is 0. The van der Waals surface area contributed by atoms with Crippen molar-refractivity contribution in [1.29, 1.82) is 0 Å². The average Bonchev–Trinajstić information content (AvgIpc) is 2.41. The molecule has 108 valence electrons. The normalized spacial score (nSPS) is 10.7. The first-order valence-electron chi connectivity index (χ1n) is 7.09. The lowest BCUT2D eigenvalue weighted by atomic mass is 10.2. The van der Waals surface area contributed by atoms with E-state index in [-0.39, 0.29) is 0 Å². The van der Waals surface area contributed by atoms with Crippen molar-refractivity contribution in [1.82, 2.24) is 9.97 Å². The monoisotopic (exact) mass is 393 g/mol. The van der Waals surface area contributed by atoms with Gasteiger partial charge in [0.1, 0.15) is 11.6 Å². The summed E-state index contributed by atoms with van der Waals surface area (Å²) in [4.78, 5) is 9.40. The SMILES string of the molecule is CCCNc1nc(CSCCC)nc(CCC)c1I. The van der Waals surface area contributed by atoms with Crippen LogP contribution in [0.5, 0.6) is 0 Å². The van der Waals surface area contributed by atoms with Crippen LogP contribution in [0, 0.1) is 3.57 Å². The molecule has 0 unspecified atom stereocenters. The summed E-state index contributed by atoms with van der Waals surface area (Å²) >= 11 is 4.29.